The number of nitrogens with one attached hydrogen (secondary N) is 1. The second kappa shape index (κ2) is 7.59. The molecule has 6 nitrogen and oxygen atoms in total. The number of nitro benzene ring substituents is 1. The molecule has 0 aromatic heterocycles. The van der Waals surface area contributed by atoms with Crippen LogP contribution < -0.4 is 10.1 Å². The summed E-state index contributed by atoms with van der Waals surface area (Å²) in [6.45, 7) is 4.21. The molecule has 0 saturated carbocycles. The fourth-order valence-corrected chi connectivity index (χ4v) is 2.31. The van der Waals surface area contributed by atoms with Gasteiger partial charge in [0.2, 0.25) is 5.91 Å². The number of anilines is 1. The van der Waals surface area contributed by atoms with E-state index in [9.17, 15) is 14.9 Å². The predicted molar refractivity (Wildman–Crippen MR) is 92.5 cm³/mol. The van der Waals surface area contributed by atoms with Gasteiger partial charge in [0.05, 0.1) is 24.1 Å². The number of rotatable bonds is 6. The van der Waals surface area contributed by atoms with Crippen molar-refractivity contribution in [1.82, 2.24) is 0 Å². The summed E-state index contributed by atoms with van der Waals surface area (Å²) in [5.41, 5.74) is 2.27. The van der Waals surface area contributed by atoms with Crippen LogP contribution in [0, 0.1) is 10.1 Å². The molecule has 0 aliphatic carbocycles. The first-order chi connectivity index (χ1) is 11.4. The highest BCUT2D eigenvalue weighted by molar-refractivity contribution is 5.94. The minimum Gasteiger partial charge on any atom is -0.495 e. The van der Waals surface area contributed by atoms with Crippen LogP contribution in [-0.2, 0) is 11.2 Å². The van der Waals surface area contributed by atoms with Gasteiger partial charge in [0, 0.05) is 12.1 Å². The molecule has 2 aromatic carbocycles. The summed E-state index contributed by atoms with van der Waals surface area (Å²) in [6.07, 6.45) is 0.185. The van der Waals surface area contributed by atoms with E-state index in [0.717, 1.165) is 5.56 Å². The zero-order valence-electron chi connectivity index (χ0n) is 13.9. The van der Waals surface area contributed by atoms with E-state index in [1.54, 1.807) is 0 Å². The zero-order valence-corrected chi connectivity index (χ0v) is 13.9. The molecular formula is C18H20N2O4. The van der Waals surface area contributed by atoms with E-state index in [1.165, 1.54) is 30.9 Å². The number of carbonyl (C=O) groups excluding carboxylic acids is 1. The topological polar surface area (TPSA) is 81.5 Å². The van der Waals surface area contributed by atoms with Gasteiger partial charge in [-0.15, -0.1) is 0 Å². The van der Waals surface area contributed by atoms with E-state index >= 15 is 0 Å². The van der Waals surface area contributed by atoms with Crippen molar-refractivity contribution in [3.63, 3.8) is 0 Å². The molecule has 2 aromatic rings. The van der Waals surface area contributed by atoms with Crippen LogP contribution in [0.4, 0.5) is 11.4 Å². The van der Waals surface area contributed by atoms with Gasteiger partial charge in [-0.05, 0) is 23.1 Å². The Morgan fingerprint density at radius 1 is 1.21 bits per heavy atom. The molecule has 0 spiro atoms. The van der Waals surface area contributed by atoms with E-state index in [4.69, 9.17) is 4.74 Å². The van der Waals surface area contributed by atoms with Crippen molar-refractivity contribution in [2.24, 2.45) is 0 Å². The van der Waals surface area contributed by atoms with Gasteiger partial charge < -0.3 is 10.1 Å². The Morgan fingerprint density at radius 3 is 2.42 bits per heavy atom. The van der Waals surface area contributed by atoms with Crippen LogP contribution in [0.5, 0.6) is 5.75 Å². The highest BCUT2D eigenvalue weighted by Gasteiger charge is 2.14. The predicted octanol–water partition coefficient (Wildman–Crippen LogP) is 3.91. The summed E-state index contributed by atoms with van der Waals surface area (Å²) in [5, 5.41) is 13.5. The molecule has 0 aliphatic heterocycles. The number of benzene rings is 2. The number of amides is 1. The van der Waals surface area contributed by atoms with E-state index < -0.39 is 4.92 Å². The second-order valence-corrected chi connectivity index (χ2v) is 5.76. The molecule has 126 valence electrons. The minimum absolute atomic E-state index is 0.104. The van der Waals surface area contributed by atoms with Gasteiger partial charge in [-0.2, -0.15) is 0 Å². The molecule has 6 heteroatoms. The molecule has 1 amide bonds. The van der Waals surface area contributed by atoms with Gasteiger partial charge >= 0.3 is 0 Å². The first kappa shape index (κ1) is 17.5. The third-order valence-electron chi connectivity index (χ3n) is 3.68. The SMILES string of the molecule is COc1ccc([N+](=O)[O-])cc1NC(=O)Cc1ccc(C(C)C)cc1. The van der Waals surface area contributed by atoms with Crippen LogP contribution in [0.15, 0.2) is 42.5 Å². The van der Waals surface area contributed by atoms with Gasteiger partial charge in [-0.1, -0.05) is 38.1 Å². The van der Waals surface area contributed by atoms with E-state index in [1.807, 2.05) is 24.3 Å². The lowest BCUT2D eigenvalue weighted by Crippen LogP contribution is -2.15. The van der Waals surface area contributed by atoms with Crippen molar-refractivity contribution in [1.29, 1.82) is 0 Å². The minimum atomic E-state index is -0.514. The summed E-state index contributed by atoms with van der Waals surface area (Å²) in [5.74, 6) is 0.553. The van der Waals surface area contributed by atoms with Crippen molar-refractivity contribution >= 4 is 17.3 Å². The van der Waals surface area contributed by atoms with E-state index in [-0.39, 0.29) is 23.7 Å². The van der Waals surface area contributed by atoms with Crippen LogP contribution in [0.25, 0.3) is 0 Å². The Kier molecular flexibility index (Phi) is 5.52. The first-order valence-electron chi connectivity index (χ1n) is 7.62. The lowest BCUT2D eigenvalue weighted by atomic mass is 10.0. The Bertz CT molecular complexity index is 739. The number of hydrogen-bond donors (Lipinski definition) is 1. The number of non-ortho nitro benzene ring substituents is 1. The summed E-state index contributed by atoms with van der Waals surface area (Å²) in [6, 6.07) is 11.9. The van der Waals surface area contributed by atoms with Crippen LogP contribution in [0.3, 0.4) is 0 Å². The molecule has 24 heavy (non-hydrogen) atoms. The number of ether oxygens (including phenoxy) is 1. The maximum absolute atomic E-state index is 12.2. The van der Waals surface area contributed by atoms with Gasteiger partial charge in [-0.3, -0.25) is 14.9 Å². The van der Waals surface area contributed by atoms with Crippen LogP contribution >= 0.6 is 0 Å². The molecule has 2 rings (SSSR count). The highest BCUT2D eigenvalue weighted by Crippen LogP contribution is 2.29. The lowest BCUT2D eigenvalue weighted by molar-refractivity contribution is -0.384. The van der Waals surface area contributed by atoms with Crippen LogP contribution in [0.1, 0.15) is 30.9 Å². The molecule has 0 saturated heterocycles. The molecule has 0 bridgehead atoms. The Balaban J connectivity index is 2.11. The smallest absolute Gasteiger partial charge is 0.271 e. The summed E-state index contributed by atoms with van der Waals surface area (Å²) >= 11 is 0. The maximum atomic E-state index is 12.2. The van der Waals surface area contributed by atoms with Gasteiger partial charge in [0.25, 0.3) is 5.69 Å². The molecule has 0 unspecified atom stereocenters. The quantitative estimate of drug-likeness (QED) is 0.644. The molecule has 1 N–H and O–H groups in total. The Labute approximate surface area is 140 Å². The van der Waals surface area contributed by atoms with Crippen molar-refractivity contribution in [2.75, 3.05) is 12.4 Å². The fourth-order valence-electron chi connectivity index (χ4n) is 2.31. The summed E-state index contributed by atoms with van der Waals surface area (Å²) < 4.78 is 5.14. The molecule has 0 heterocycles. The van der Waals surface area contributed by atoms with Gasteiger partial charge in [0.1, 0.15) is 5.75 Å². The number of nitro groups is 1. The largest absolute Gasteiger partial charge is 0.495 e. The average Bonchev–Trinajstić information content (AvgIpc) is 2.55. The molecule has 0 aliphatic rings. The third-order valence-corrected chi connectivity index (χ3v) is 3.68. The average molecular weight is 328 g/mol. The summed E-state index contributed by atoms with van der Waals surface area (Å²) in [4.78, 5) is 22.6. The number of methoxy groups -OCH3 is 1. The number of carbonyl (C=O) groups is 1. The Morgan fingerprint density at radius 2 is 1.88 bits per heavy atom. The van der Waals surface area contributed by atoms with Gasteiger partial charge in [0.15, 0.2) is 0 Å². The standard InChI is InChI=1S/C18H20N2O4/c1-12(2)14-6-4-13(5-7-14)10-18(21)19-16-11-15(20(22)23)8-9-17(16)24-3/h4-9,11-12H,10H2,1-3H3,(H,19,21). The monoisotopic (exact) mass is 328 g/mol. The fraction of sp³-hybridized carbons (Fsp3) is 0.278. The lowest BCUT2D eigenvalue weighted by Gasteiger charge is -2.10. The Hall–Kier alpha value is -2.89. The van der Waals surface area contributed by atoms with Crippen molar-refractivity contribution in [3.8, 4) is 5.75 Å². The van der Waals surface area contributed by atoms with Crippen LogP contribution in [0.2, 0.25) is 0 Å². The number of nitrogens with zero attached hydrogens (tertiary/aromatic N) is 1. The van der Waals surface area contributed by atoms with Crippen molar-refractivity contribution in [2.45, 2.75) is 26.2 Å². The van der Waals surface area contributed by atoms with Crippen molar-refractivity contribution < 1.29 is 14.5 Å². The molecule has 0 radical (unpaired) electrons. The zero-order chi connectivity index (χ0) is 17.7. The highest BCUT2D eigenvalue weighted by atomic mass is 16.6. The normalized spacial score (nSPS) is 10.5. The molecule has 0 atom stereocenters. The molecule has 0 fully saturated rings. The second-order valence-electron chi connectivity index (χ2n) is 5.76. The van der Waals surface area contributed by atoms with E-state index in [2.05, 4.69) is 19.2 Å². The maximum Gasteiger partial charge on any atom is 0.271 e. The first-order valence-corrected chi connectivity index (χ1v) is 7.62. The van der Waals surface area contributed by atoms with Crippen LogP contribution in [-0.4, -0.2) is 17.9 Å². The third kappa shape index (κ3) is 4.32. The van der Waals surface area contributed by atoms with Gasteiger partial charge in [-0.25, -0.2) is 0 Å². The number of hydrogen-bond acceptors (Lipinski definition) is 4. The van der Waals surface area contributed by atoms with E-state index in [0.29, 0.717) is 11.7 Å². The van der Waals surface area contributed by atoms with Crippen molar-refractivity contribution in [3.05, 3.63) is 63.7 Å². The molecular weight excluding hydrogens is 308 g/mol. The summed E-state index contributed by atoms with van der Waals surface area (Å²) in [7, 11) is 1.45.